The largest absolute Gasteiger partial charge is 0.497 e. The number of carbonyl (C=O) groups is 2. The van der Waals surface area contributed by atoms with E-state index in [1.165, 1.54) is 6.08 Å². The van der Waals surface area contributed by atoms with Crippen LogP contribution in [-0.2, 0) is 25.7 Å². The summed E-state index contributed by atoms with van der Waals surface area (Å²) in [5, 5.41) is 10.9. The van der Waals surface area contributed by atoms with Gasteiger partial charge < -0.3 is 24.1 Å². The highest BCUT2D eigenvalue weighted by Gasteiger charge is 2.46. The zero-order chi connectivity index (χ0) is 20.5. The van der Waals surface area contributed by atoms with Crippen molar-refractivity contribution in [1.82, 2.24) is 0 Å². The van der Waals surface area contributed by atoms with Crippen LogP contribution in [0.2, 0.25) is 0 Å². The lowest BCUT2D eigenvalue weighted by Gasteiger charge is -2.33. The molecule has 150 valence electrons. The molecule has 0 aromatic heterocycles. The second-order valence-electron chi connectivity index (χ2n) is 7.34. The van der Waals surface area contributed by atoms with E-state index in [0.717, 1.165) is 11.3 Å². The number of aldehydes is 1. The minimum atomic E-state index is -1.97. The summed E-state index contributed by atoms with van der Waals surface area (Å²) in [6.07, 6.45) is 2.16. The third-order valence-corrected chi connectivity index (χ3v) is 4.01. The highest BCUT2D eigenvalue weighted by molar-refractivity contribution is 5.84. The molecular formula is C21H30O6. The fourth-order valence-corrected chi connectivity index (χ4v) is 2.49. The van der Waals surface area contributed by atoms with Crippen molar-refractivity contribution in [3.8, 4) is 5.75 Å². The van der Waals surface area contributed by atoms with Gasteiger partial charge in [-0.25, -0.2) is 4.79 Å². The van der Waals surface area contributed by atoms with Crippen molar-refractivity contribution in [2.75, 3.05) is 13.7 Å². The van der Waals surface area contributed by atoms with E-state index in [1.54, 1.807) is 27.9 Å². The van der Waals surface area contributed by atoms with Crippen LogP contribution in [0.4, 0.5) is 0 Å². The molecule has 0 fully saturated rings. The molecule has 6 heteroatoms. The van der Waals surface area contributed by atoms with E-state index < -0.39 is 23.1 Å². The Kier molecular flexibility index (Phi) is 8.66. The lowest BCUT2D eigenvalue weighted by atomic mass is 9.83. The minimum Gasteiger partial charge on any atom is -0.497 e. The number of benzene rings is 1. The Hall–Kier alpha value is -2.18. The molecule has 1 aromatic rings. The zero-order valence-electron chi connectivity index (χ0n) is 16.6. The molecule has 0 heterocycles. The van der Waals surface area contributed by atoms with Gasteiger partial charge in [-0.05, 0) is 44.9 Å². The number of esters is 1. The lowest BCUT2D eigenvalue weighted by Crippen LogP contribution is -2.50. The first kappa shape index (κ1) is 22.9. The maximum atomic E-state index is 12.6. The molecule has 1 rings (SSSR count). The van der Waals surface area contributed by atoms with Crippen LogP contribution in [0.3, 0.4) is 0 Å². The van der Waals surface area contributed by atoms with Crippen molar-refractivity contribution in [1.29, 1.82) is 0 Å². The second kappa shape index (κ2) is 10.2. The van der Waals surface area contributed by atoms with Crippen molar-refractivity contribution in [3.05, 3.63) is 42.5 Å². The van der Waals surface area contributed by atoms with Gasteiger partial charge in [0.1, 0.15) is 17.6 Å². The van der Waals surface area contributed by atoms with Gasteiger partial charge in [0.2, 0.25) is 0 Å². The molecule has 6 nitrogen and oxygen atoms in total. The monoisotopic (exact) mass is 378 g/mol. The summed E-state index contributed by atoms with van der Waals surface area (Å²) < 4.78 is 16.0. The van der Waals surface area contributed by atoms with Crippen LogP contribution in [0.1, 0.15) is 39.2 Å². The number of ether oxygens (including phenoxy) is 3. The molecule has 2 atom stereocenters. The molecule has 27 heavy (non-hydrogen) atoms. The van der Waals surface area contributed by atoms with Gasteiger partial charge in [-0.2, -0.15) is 0 Å². The average Bonchev–Trinajstić information content (AvgIpc) is 2.62. The van der Waals surface area contributed by atoms with Crippen molar-refractivity contribution >= 4 is 12.3 Å². The Morgan fingerprint density at radius 3 is 2.37 bits per heavy atom. The van der Waals surface area contributed by atoms with E-state index in [0.29, 0.717) is 12.9 Å². The van der Waals surface area contributed by atoms with Gasteiger partial charge in [0.15, 0.2) is 5.60 Å². The number of hydrogen-bond donors (Lipinski definition) is 1. The third kappa shape index (κ3) is 7.15. The average molecular weight is 378 g/mol. The zero-order valence-corrected chi connectivity index (χ0v) is 16.6. The predicted octanol–water partition coefficient (Wildman–Crippen LogP) is 3.07. The van der Waals surface area contributed by atoms with Crippen LogP contribution in [-0.4, -0.2) is 42.3 Å². The van der Waals surface area contributed by atoms with Gasteiger partial charge in [-0.1, -0.05) is 18.2 Å². The summed E-state index contributed by atoms with van der Waals surface area (Å²) in [7, 11) is 1.59. The van der Waals surface area contributed by atoms with E-state index in [2.05, 4.69) is 6.58 Å². The van der Waals surface area contributed by atoms with E-state index in [4.69, 9.17) is 14.2 Å². The lowest BCUT2D eigenvalue weighted by molar-refractivity contribution is -0.186. The summed E-state index contributed by atoms with van der Waals surface area (Å²) in [6, 6.07) is 7.38. The molecule has 0 saturated heterocycles. The van der Waals surface area contributed by atoms with Crippen LogP contribution in [0.15, 0.2) is 36.9 Å². The van der Waals surface area contributed by atoms with Crippen LogP contribution >= 0.6 is 0 Å². The molecule has 0 bridgehead atoms. The first-order valence-corrected chi connectivity index (χ1v) is 8.89. The molecule has 2 unspecified atom stereocenters. The van der Waals surface area contributed by atoms with E-state index in [-0.39, 0.29) is 19.4 Å². The highest BCUT2D eigenvalue weighted by Crippen LogP contribution is 2.28. The molecule has 0 aliphatic carbocycles. The predicted molar refractivity (Wildman–Crippen MR) is 102 cm³/mol. The van der Waals surface area contributed by atoms with Crippen molar-refractivity contribution in [3.63, 3.8) is 0 Å². The summed E-state index contributed by atoms with van der Waals surface area (Å²) in [5.41, 5.74) is -1.82. The van der Waals surface area contributed by atoms with Gasteiger partial charge in [0, 0.05) is 6.42 Å². The van der Waals surface area contributed by atoms with E-state index in [9.17, 15) is 14.7 Å². The quantitative estimate of drug-likeness (QED) is 0.276. The second-order valence-corrected chi connectivity index (χ2v) is 7.34. The number of carbonyl (C=O) groups excluding carboxylic acids is 2. The van der Waals surface area contributed by atoms with E-state index >= 15 is 0 Å². The molecule has 1 aromatic carbocycles. The molecule has 0 spiro atoms. The minimum absolute atomic E-state index is 0.0602. The van der Waals surface area contributed by atoms with Gasteiger partial charge >= 0.3 is 5.97 Å². The van der Waals surface area contributed by atoms with Crippen molar-refractivity contribution in [2.24, 2.45) is 5.92 Å². The molecule has 0 aliphatic heterocycles. The first-order valence-electron chi connectivity index (χ1n) is 8.89. The number of aliphatic hydroxyl groups is 1. The maximum absolute atomic E-state index is 12.6. The number of allylic oxidation sites excluding steroid dienone is 1. The smallest absolute Gasteiger partial charge is 0.339 e. The van der Waals surface area contributed by atoms with Gasteiger partial charge in [0.25, 0.3) is 0 Å². The van der Waals surface area contributed by atoms with Crippen LogP contribution in [0, 0.1) is 5.92 Å². The van der Waals surface area contributed by atoms with Crippen LogP contribution < -0.4 is 4.74 Å². The Balaban J connectivity index is 2.76. The third-order valence-electron chi connectivity index (χ3n) is 4.01. The van der Waals surface area contributed by atoms with Gasteiger partial charge in [-0.15, -0.1) is 6.58 Å². The Labute approximate surface area is 161 Å². The number of methoxy groups -OCH3 is 1. The topological polar surface area (TPSA) is 82.1 Å². The van der Waals surface area contributed by atoms with Crippen molar-refractivity contribution < 1.29 is 28.9 Å². The SMILES string of the molecule is C=CCC(C=O)C(O)(CCOCc1ccc(OC)cc1)C(=O)OC(C)(C)C. The number of hydrogen-bond acceptors (Lipinski definition) is 6. The van der Waals surface area contributed by atoms with Crippen LogP contribution in [0.25, 0.3) is 0 Å². The summed E-state index contributed by atoms with van der Waals surface area (Å²) in [6.45, 7) is 9.09. The first-order chi connectivity index (χ1) is 12.7. The molecule has 0 aliphatic rings. The van der Waals surface area contributed by atoms with Gasteiger partial charge in [0.05, 0.1) is 26.2 Å². The van der Waals surface area contributed by atoms with Crippen molar-refractivity contribution in [2.45, 2.75) is 51.4 Å². The molecule has 0 saturated carbocycles. The van der Waals surface area contributed by atoms with Gasteiger partial charge in [-0.3, -0.25) is 0 Å². The fraction of sp³-hybridized carbons (Fsp3) is 0.524. The molecular weight excluding hydrogens is 348 g/mol. The Morgan fingerprint density at radius 2 is 1.89 bits per heavy atom. The van der Waals surface area contributed by atoms with Crippen LogP contribution in [0.5, 0.6) is 5.75 Å². The summed E-state index contributed by atoms with van der Waals surface area (Å²) in [4.78, 5) is 24.0. The standard InChI is InChI=1S/C21H30O6/c1-6-7-17(14-22)21(24,19(23)27-20(2,3)4)12-13-26-15-16-8-10-18(25-5)11-9-16/h6,8-11,14,17,24H,1,7,12-13,15H2,2-5H3. The Bertz CT molecular complexity index is 617. The highest BCUT2D eigenvalue weighted by atomic mass is 16.6. The molecule has 0 radical (unpaired) electrons. The maximum Gasteiger partial charge on any atom is 0.339 e. The fourth-order valence-electron chi connectivity index (χ4n) is 2.49. The number of rotatable bonds is 11. The normalized spacial score (nSPS) is 14.7. The summed E-state index contributed by atoms with van der Waals surface area (Å²) in [5.74, 6) is -1.03. The van der Waals surface area contributed by atoms with E-state index in [1.807, 2.05) is 24.3 Å². The summed E-state index contributed by atoms with van der Waals surface area (Å²) >= 11 is 0. The molecule has 0 amide bonds. The Morgan fingerprint density at radius 1 is 1.26 bits per heavy atom. The molecule has 1 N–H and O–H groups in total.